The van der Waals surface area contributed by atoms with E-state index in [9.17, 15) is 4.79 Å². The summed E-state index contributed by atoms with van der Waals surface area (Å²) in [7, 11) is 0. The van der Waals surface area contributed by atoms with Crippen LogP contribution in [0.25, 0.3) is 33.4 Å². The molecule has 4 heteroatoms. The summed E-state index contributed by atoms with van der Waals surface area (Å²) in [6.45, 7) is 12.4. The molecule has 0 spiro atoms. The minimum absolute atomic E-state index is 0.0672. The van der Waals surface area contributed by atoms with Gasteiger partial charge >= 0.3 is 0 Å². The van der Waals surface area contributed by atoms with E-state index in [1.807, 2.05) is 29.9 Å². The predicted octanol–water partition coefficient (Wildman–Crippen LogP) is 6.69. The van der Waals surface area contributed by atoms with E-state index in [0.29, 0.717) is 5.52 Å². The molecule has 0 aliphatic heterocycles. The Bertz CT molecular complexity index is 1640. The molecule has 0 amide bonds. The second-order valence-corrected chi connectivity index (χ2v) is 9.29. The Labute approximate surface area is 200 Å². The van der Waals surface area contributed by atoms with Gasteiger partial charge in [0.2, 0.25) is 0 Å². The predicted molar refractivity (Wildman–Crippen MR) is 141 cm³/mol. The van der Waals surface area contributed by atoms with E-state index < -0.39 is 0 Å². The van der Waals surface area contributed by atoms with Crippen LogP contribution in [0.5, 0.6) is 0 Å². The number of hydrogen-bond acceptors (Lipinski definition) is 2. The van der Waals surface area contributed by atoms with Gasteiger partial charge in [0.1, 0.15) is 5.52 Å². The largest absolute Gasteiger partial charge is 0.282 e. The maximum Gasteiger partial charge on any atom is 0.281 e. The maximum atomic E-state index is 13.9. The molecular formula is C30H29N3O. The summed E-state index contributed by atoms with van der Waals surface area (Å²) in [6.07, 6.45) is 1.87. The molecule has 3 aromatic carbocycles. The van der Waals surface area contributed by atoms with E-state index in [1.54, 1.807) is 4.57 Å². The standard InChI is InChI=1S/C30H29N3O/c1-18-9-7-8-10-25(18)24-11-12-27(22(5)16-24)32-14-13-26-23(6)31-33(29(26)30(32)34)28-17-20(3)19(2)15-21(28)4/h7-17H,1-6H3. The van der Waals surface area contributed by atoms with Crippen LogP contribution in [0.3, 0.4) is 0 Å². The van der Waals surface area contributed by atoms with E-state index in [4.69, 9.17) is 5.10 Å². The highest BCUT2D eigenvalue weighted by Crippen LogP contribution is 2.28. The van der Waals surface area contributed by atoms with E-state index in [0.717, 1.165) is 39.1 Å². The maximum absolute atomic E-state index is 13.9. The zero-order valence-corrected chi connectivity index (χ0v) is 20.6. The normalized spacial score (nSPS) is 11.4. The monoisotopic (exact) mass is 447 g/mol. The van der Waals surface area contributed by atoms with Crippen molar-refractivity contribution in [2.75, 3.05) is 0 Å². The fraction of sp³-hybridized carbons (Fsp3) is 0.200. The van der Waals surface area contributed by atoms with Crippen LogP contribution in [0.2, 0.25) is 0 Å². The van der Waals surface area contributed by atoms with Gasteiger partial charge in [0.05, 0.1) is 17.1 Å². The topological polar surface area (TPSA) is 39.8 Å². The second kappa shape index (κ2) is 8.14. The van der Waals surface area contributed by atoms with Crippen molar-refractivity contribution in [3.05, 3.63) is 111 Å². The number of nitrogens with zero attached hydrogens (tertiary/aromatic N) is 3. The molecule has 0 atom stereocenters. The molecule has 5 rings (SSSR count). The fourth-order valence-corrected chi connectivity index (χ4v) is 4.80. The lowest BCUT2D eigenvalue weighted by atomic mass is 9.98. The number of rotatable bonds is 3. The van der Waals surface area contributed by atoms with Gasteiger partial charge in [0, 0.05) is 11.6 Å². The summed E-state index contributed by atoms with van der Waals surface area (Å²) >= 11 is 0. The Morgan fingerprint density at radius 3 is 2.12 bits per heavy atom. The van der Waals surface area contributed by atoms with Crippen LogP contribution in [-0.4, -0.2) is 14.3 Å². The lowest BCUT2D eigenvalue weighted by molar-refractivity contribution is 0.866. The molecule has 170 valence electrons. The molecule has 0 unspecified atom stereocenters. The number of fused-ring (bicyclic) bond motifs is 1. The first-order chi connectivity index (χ1) is 16.3. The first-order valence-electron chi connectivity index (χ1n) is 11.6. The average Bonchev–Trinajstić information content (AvgIpc) is 3.14. The second-order valence-electron chi connectivity index (χ2n) is 9.29. The van der Waals surface area contributed by atoms with Gasteiger partial charge in [0.15, 0.2) is 0 Å². The van der Waals surface area contributed by atoms with Crippen LogP contribution in [0.1, 0.15) is 33.5 Å². The molecule has 2 heterocycles. The molecule has 5 aromatic rings. The van der Waals surface area contributed by atoms with Gasteiger partial charge in [0.25, 0.3) is 5.56 Å². The molecule has 4 nitrogen and oxygen atoms in total. The highest BCUT2D eigenvalue weighted by atomic mass is 16.1. The van der Waals surface area contributed by atoms with Gasteiger partial charge in [-0.15, -0.1) is 0 Å². The summed E-state index contributed by atoms with van der Waals surface area (Å²) < 4.78 is 3.57. The van der Waals surface area contributed by atoms with Crippen LogP contribution >= 0.6 is 0 Å². The van der Waals surface area contributed by atoms with E-state index in [2.05, 4.69) is 83.1 Å². The van der Waals surface area contributed by atoms with Gasteiger partial charge in [-0.3, -0.25) is 9.36 Å². The van der Waals surface area contributed by atoms with E-state index in [1.165, 1.54) is 22.3 Å². The number of hydrogen-bond donors (Lipinski definition) is 0. The quantitative estimate of drug-likeness (QED) is 0.309. The summed E-state index contributed by atoms with van der Waals surface area (Å²) in [5, 5.41) is 5.66. The Balaban J connectivity index is 1.71. The Hall–Kier alpha value is -3.92. The Morgan fingerprint density at radius 1 is 0.676 bits per heavy atom. The van der Waals surface area contributed by atoms with Gasteiger partial charge in [-0.25, -0.2) is 4.68 Å². The van der Waals surface area contributed by atoms with Crippen LogP contribution in [0.4, 0.5) is 0 Å². The molecule has 0 fully saturated rings. The van der Waals surface area contributed by atoms with Crippen molar-refractivity contribution < 1.29 is 0 Å². The first-order valence-corrected chi connectivity index (χ1v) is 11.6. The zero-order valence-electron chi connectivity index (χ0n) is 20.6. The van der Waals surface area contributed by atoms with Gasteiger partial charge in [-0.2, -0.15) is 5.10 Å². The van der Waals surface area contributed by atoms with Crippen molar-refractivity contribution in [3.8, 4) is 22.5 Å². The summed E-state index contributed by atoms with van der Waals surface area (Å²) in [5.74, 6) is 0. The van der Waals surface area contributed by atoms with Crippen LogP contribution in [0, 0.1) is 41.5 Å². The molecule has 0 aliphatic carbocycles. The number of pyridine rings is 1. The van der Waals surface area contributed by atoms with E-state index in [-0.39, 0.29) is 5.56 Å². The number of aryl methyl sites for hydroxylation is 6. The lowest BCUT2D eigenvalue weighted by Gasteiger charge is -2.14. The molecule has 0 N–H and O–H groups in total. The minimum atomic E-state index is -0.0672. The highest BCUT2D eigenvalue weighted by Gasteiger charge is 2.18. The molecule has 0 radical (unpaired) electrons. The lowest BCUT2D eigenvalue weighted by Crippen LogP contribution is -2.21. The third kappa shape index (κ3) is 3.47. The highest BCUT2D eigenvalue weighted by molar-refractivity contribution is 5.83. The molecule has 0 bridgehead atoms. The molecule has 0 saturated heterocycles. The van der Waals surface area contributed by atoms with Crippen molar-refractivity contribution in [3.63, 3.8) is 0 Å². The van der Waals surface area contributed by atoms with Crippen molar-refractivity contribution in [2.45, 2.75) is 41.5 Å². The third-order valence-electron chi connectivity index (χ3n) is 6.87. The number of benzene rings is 3. The van der Waals surface area contributed by atoms with Crippen molar-refractivity contribution in [1.82, 2.24) is 14.3 Å². The zero-order chi connectivity index (χ0) is 24.1. The van der Waals surface area contributed by atoms with Crippen molar-refractivity contribution >= 4 is 10.9 Å². The van der Waals surface area contributed by atoms with Gasteiger partial charge in [-0.1, -0.05) is 36.4 Å². The van der Waals surface area contributed by atoms with Gasteiger partial charge < -0.3 is 0 Å². The Kier molecular flexibility index (Phi) is 5.24. The summed E-state index contributed by atoms with van der Waals surface area (Å²) in [5.41, 5.74) is 11.4. The van der Waals surface area contributed by atoms with Gasteiger partial charge in [-0.05, 0) is 105 Å². The average molecular weight is 448 g/mol. The third-order valence-corrected chi connectivity index (χ3v) is 6.87. The molecule has 34 heavy (non-hydrogen) atoms. The first kappa shape index (κ1) is 21.9. The van der Waals surface area contributed by atoms with Crippen LogP contribution in [0.15, 0.2) is 71.7 Å². The van der Waals surface area contributed by atoms with Crippen LogP contribution in [-0.2, 0) is 0 Å². The van der Waals surface area contributed by atoms with Crippen molar-refractivity contribution in [1.29, 1.82) is 0 Å². The number of aromatic nitrogens is 3. The van der Waals surface area contributed by atoms with Crippen LogP contribution < -0.4 is 5.56 Å². The molecule has 0 aliphatic rings. The molecule has 2 aromatic heterocycles. The summed E-state index contributed by atoms with van der Waals surface area (Å²) in [6, 6.07) is 20.9. The van der Waals surface area contributed by atoms with E-state index >= 15 is 0 Å². The van der Waals surface area contributed by atoms with Crippen molar-refractivity contribution in [2.24, 2.45) is 0 Å². The fourth-order valence-electron chi connectivity index (χ4n) is 4.80. The summed E-state index contributed by atoms with van der Waals surface area (Å²) in [4.78, 5) is 13.9. The SMILES string of the molecule is Cc1cc(C)c(-n2nc(C)c3ccn(-c4ccc(-c5ccccc5C)cc4C)c(=O)c32)cc1C. The molecule has 0 saturated carbocycles. The minimum Gasteiger partial charge on any atom is -0.282 e. The smallest absolute Gasteiger partial charge is 0.281 e. The Morgan fingerprint density at radius 2 is 1.38 bits per heavy atom. The molecular weight excluding hydrogens is 418 g/mol.